The molecule has 3 rings (SSSR count). The van der Waals surface area contributed by atoms with Crippen LogP contribution < -0.4 is 10.6 Å². The highest BCUT2D eigenvalue weighted by Gasteiger charge is 2.08. The summed E-state index contributed by atoms with van der Waals surface area (Å²) in [5.74, 6) is 1.23. The quantitative estimate of drug-likeness (QED) is 0.659. The van der Waals surface area contributed by atoms with Gasteiger partial charge in [-0.1, -0.05) is 23.7 Å². The normalized spacial score (nSPS) is 10.8. The lowest BCUT2D eigenvalue weighted by Gasteiger charge is -2.13. The van der Waals surface area contributed by atoms with Gasteiger partial charge in [0.15, 0.2) is 0 Å². The average molecular weight is 369 g/mol. The molecule has 0 aliphatic rings. The van der Waals surface area contributed by atoms with Crippen LogP contribution in [0.1, 0.15) is 0 Å². The molecule has 0 bridgehead atoms. The summed E-state index contributed by atoms with van der Waals surface area (Å²) in [6.07, 6.45) is 1.75. The molecule has 2 heterocycles. The Morgan fingerprint density at radius 3 is 2.62 bits per heavy atom. The van der Waals surface area contributed by atoms with Crippen molar-refractivity contribution in [2.24, 2.45) is 0 Å². The Morgan fingerprint density at radius 2 is 1.88 bits per heavy atom. The van der Waals surface area contributed by atoms with E-state index in [1.165, 1.54) is 0 Å². The lowest BCUT2D eigenvalue weighted by molar-refractivity contribution is 0.425. The molecular weight excluding hydrogens is 348 g/mol. The Hall–Kier alpha value is -2.70. The van der Waals surface area contributed by atoms with Crippen LogP contribution in [0, 0.1) is 0 Å². The van der Waals surface area contributed by atoms with E-state index in [0.717, 1.165) is 30.2 Å². The number of nitrogens with one attached hydrogen (secondary N) is 2. The largest absolute Gasteiger partial charge is 0.353 e. The fourth-order valence-corrected chi connectivity index (χ4v) is 2.53. The van der Waals surface area contributed by atoms with Crippen LogP contribution in [0.5, 0.6) is 0 Å². The van der Waals surface area contributed by atoms with E-state index in [9.17, 15) is 0 Å². The summed E-state index contributed by atoms with van der Waals surface area (Å²) < 4.78 is 0. The standard InChI is InChI=1S/C19H21ClN6/c1-26(2)11-10-22-19-24-17(16-8-3-4-9-21-16)13-18(25-19)23-15-7-5-6-14(20)12-15/h3-9,12-13H,10-11H2,1-2H3,(H2,22,23,24,25). The molecule has 0 unspecified atom stereocenters. The predicted molar refractivity (Wildman–Crippen MR) is 107 cm³/mol. The number of hydrogen-bond acceptors (Lipinski definition) is 6. The van der Waals surface area contributed by atoms with Crippen LogP contribution >= 0.6 is 11.6 Å². The maximum absolute atomic E-state index is 6.07. The zero-order chi connectivity index (χ0) is 18.4. The van der Waals surface area contributed by atoms with E-state index in [2.05, 4.69) is 30.5 Å². The van der Waals surface area contributed by atoms with Crippen LogP contribution in [0.2, 0.25) is 5.02 Å². The lowest BCUT2D eigenvalue weighted by atomic mass is 10.2. The highest BCUT2D eigenvalue weighted by atomic mass is 35.5. The Bertz CT molecular complexity index is 854. The molecule has 134 valence electrons. The highest BCUT2D eigenvalue weighted by Crippen LogP contribution is 2.23. The zero-order valence-corrected chi connectivity index (χ0v) is 15.5. The molecule has 7 heteroatoms. The number of halogens is 1. The summed E-state index contributed by atoms with van der Waals surface area (Å²) in [7, 11) is 4.05. The number of anilines is 3. The molecule has 1 aromatic carbocycles. The fourth-order valence-electron chi connectivity index (χ4n) is 2.34. The summed E-state index contributed by atoms with van der Waals surface area (Å²) in [4.78, 5) is 15.6. The predicted octanol–water partition coefficient (Wildman–Crippen LogP) is 3.91. The van der Waals surface area contributed by atoms with Gasteiger partial charge < -0.3 is 15.5 Å². The third kappa shape index (κ3) is 5.15. The molecule has 0 aliphatic carbocycles. The van der Waals surface area contributed by atoms with E-state index in [1.807, 2.05) is 62.6 Å². The monoisotopic (exact) mass is 368 g/mol. The van der Waals surface area contributed by atoms with Crippen LogP contribution in [-0.2, 0) is 0 Å². The Morgan fingerprint density at radius 1 is 1.00 bits per heavy atom. The first-order chi connectivity index (χ1) is 12.6. The Balaban J connectivity index is 1.89. The molecule has 0 fully saturated rings. The smallest absolute Gasteiger partial charge is 0.225 e. The van der Waals surface area contributed by atoms with Crippen molar-refractivity contribution in [3.63, 3.8) is 0 Å². The van der Waals surface area contributed by atoms with E-state index in [1.54, 1.807) is 6.20 Å². The number of benzene rings is 1. The number of nitrogens with zero attached hydrogens (tertiary/aromatic N) is 4. The molecule has 2 N–H and O–H groups in total. The first-order valence-corrected chi connectivity index (χ1v) is 8.69. The van der Waals surface area contributed by atoms with Gasteiger partial charge in [0.25, 0.3) is 0 Å². The van der Waals surface area contributed by atoms with Gasteiger partial charge in [-0.05, 0) is 44.4 Å². The third-order valence-electron chi connectivity index (χ3n) is 3.59. The molecule has 26 heavy (non-hydrogen) atoms. The minimum Gasteiger partial charge on any atom is -0.353 e. The van der Waals surface area contributed by atoms with Crippen molar-refractivity contribution >= 4 is 29.1 Å². The molecule has 0 saturated heterocycles. The van der Waals surface area contributed by atoms with Crippen LogP contribution in [0.25, 0.3) is 11.4 Å². The molecule has 0 amide bonds. The zero-order valence-electron chi connectivity index (χ0n) is 14.8. The number of aromatic nitrogens is 3. The first-order valence-electron chi connectivity index (χ1n) is 8.32. The second-order valence-electron chi connectivity index (χ2n) is 6.04. The highest BCUT2D eigenvalue weighted by molar-refractivity contribution is 6.30. The van der Waals surface area contributed by atoms with Gasteiger partial charge in [0, 0.05) is 36.1 Å². The third-order valence-corrected chi connectivity index (χ3v) is 3.83. The van der Waals surface area contributed by atoms with Crippen LogP contribution in [-0.4, -0.2) is 47.0 Å². The number of pyridine rings is 1. The second kappa shape index (κ2) is 8.60. The van der Waals surface area contributed by atoms with Gasteiger partial charge in [-0.25, -0.2) is 4.98 Å². The van der Waals surface area contributed by atoms with Crippen molar-refractivity contribution in [2.75, 3.05) is 37.8 Å². The van der Waals surface area contributed by atoms with Gasteiger partial charge >= 0.3 is 0 Å². The maximum atomic E-state index is 6.07. The van der Waals surface area contributed by atoms with Crippen molar-refractivity contribution in [1.29, 1.82) is 0 Å². The van der Waals surface area contributed by atoms with Gasteiger partial charge in [0.2, 0.25) is 5.95 Å². The number of rotatable bonds is 7. The van der Waals surface area contributed by atoms with E-state index >= 15 is 0 Å². The van der Waals surface area contributed by atoms with E-state index in [-0.39, 0.29) is 0 Å². The fraction of sp³-hybridized carbons (Fsp3) is 0.211. The van der Waals surface area contributed by atoms with Crippen molar-refractivity contribution in [3.8, 4) is 11.4 Å². The molecule has 6 nitrogen and oxygen atoms in total. The molecule has 3 aromatic rings. The number of likely N-dealkylation sites (N-methyl/N-ethyl adjacent to an activating group) is 1. The summed E-state index contributed by atoms with van der Waals surface area (Å²) in [6.45, 7) is 1.63. The molecule has 2 aromatic heterocycles. The molecule has 0 spiro atoms. The summed E-state index contributed by atoms with van der Waals surface area (Å²) in [5.41, 5.74) is 2.40. The van der Waals surface area contributed by atoms with Crippen molar-refractivity contribution in [2.45, 2.75) is 0 Å². The van der Waals surface area contributed by atoms with Crippen LogP contribution in [0.3, 0.4) is 0 Å². The Kier molecular flexibility index (Phi) is 5.99. The SMILES string of the molecule is CN(C)CCNc1nc(Nc2cccc(Cl)c2)cc(-c2ccccn2)n1. The van der Waals surface area contributed by atoms with Crippen molar-refractivity contribution in [1.82, 2.24) is 19.9 Å². The van der Waals surface area contributed by atoms with Crippen LogP contribution in [0.4, 0.5) is 17.5 Å². The second-order valence-corrected chi connectivity index (χ2v) is 6.48. The van der Waals surface area contributed by atoms with Gasteiger partial charge in [-0.3, -0.25) is 4.98 Å². The van der Waals surface area contributed by atoms with E-state index in [0.29, 0.717) is 16.8 Å². The molecular formula is C19H21ClN6. The van der Waals surface area contributed by atoms with Crippen molar-refractivity contribution < 1.29 is 0 Å². The molecule has 0 radical (unpaired) electrons. The molecule has 0 saturated carbocycles. The molecule has 0 aliphatic heterocycles. The molecule has 0 atom stereocenters. The average Bonchev–Trinajstić information content (AvgIpc) is 2.62. The summed E-state index contributed by atoms with van der Waals surface area (Å²) in [6, 6.07) is 15.1. The van der Waals surface area contributed by atoms with E-state index in [4.69, 9.17) is 11.6 Å². The maximum Gasteiger partial charge on any atom is 0.225 e. The minimum atomic E-state index is 0.555. The lowest BCUT2D eigenvalue weighted by Crippen LogP contribution is -2.21. The topological polar surface area (TPSA) is 66.0 Å². The van der Waals surface area contributed by atoms with Crippen LogP contribution in [0.15, 0.2) is 54.7 Å². The van der Waals surface area contributed by atoms with Gasteiger partial charge in [0.1, 0.15) is 5.82 Å². The van der Waals surface area contributed by atoms with Gasteiger partial charge in [0.05, 0.1) is 11.4 Å². The number of hydrogen-bond donors (Lipinski definition) is 2. The minimum absolute atomic E-state index is 0.555. The van der Waals surface area contributed by atoms with E-state index < -0.39 is 0 Å². The van der Waals surface area contributed by atoms with Gasteiger partial charge in [-0.15, -0.1) is 0 Å². The van der Waals surface area contributed by atoms with Gasteiger partial charge in [-0.2, -0.15) is 4.98 Å². The summed E-state index contributed by atoms with van der Waals surface area (Å²) >= 11 is 6.07. The first kappa shape index (κ1) is 18.1. The Labute approximate surface area is 158 Å². The summed E-state index contributed by atoms with van der Waals surface area (Å²) in [5, 5.41) is 7.21. The van der Waals surface area contributed by atoms with Crippen molar-refractivity contribution in [3.05, 3.63) is 59.8 Å².